The van der Waals surface area contributed by atoms with Gasteiger partial charge in [0.15, 0.2) is 5.76 Å². The molecule has 1 N–H and O–H groups in total. The Hall–Kier alpha value is -2.11. The van der Waals surface area contributed by atoms with Gasteiger partial charge in [0.05, 0.1) is 11.1 Å². The van der Waals surface area contributed by atoms with Crippen molar-refractivity contribution in [3.8, 4) is 11.5 Å². The lowest BCUT2D eigenvalue weighted by molar-refractivity contribution is 0.101. The van der Waals surface area contributed by atoms with E-state index >= 15 is 0 Å². The molecule has 1 saturated heterocycles. The lowest BCUT2D eigenvalue weighted by Crippen LogP contribution is -2.24. The molecule has 2 aromatic rings. The van der Waals surface area contributed by atoms with Crippen LogP contribution in [0, 0.1) is 6.92 Å². The Kier molecular flexibility index (Phi) is 4.83. The number of phenolic OH excluding ortho intramolecular Hbond substituents is 1. The number of Topliss-reactive ketones (excluding diaryl/α,β-unsaturated/α-hetero) is 1. The van der Waals surface area contributed by atoms with Gasteiger partial charge < -0.3 is 9.84 Å². The molecule has 0 atom stereocenters. The van der Waals surface area contributed by atoms with Crippen molar-refractivity contribution in [1.29, 1.82) is 0 Å². The maximum Gasteiger partial charge on any atom is 0.232 e. The number of carbonyl (C=O) groups is 1. The van der Waals surface area contributed by atoms with Crippen molar-refractivity contribution in [2.24, 2.45) is 0 Å². The van der Waals surface area contributed by atoms with Gasteiger partial charge in [-0.1, -0.05) is 18.9 Å². The van der Waals surface area contributed by atoms with Crippen molar-refractivity contribution in [2.45, 2.75) is 39.2 Å². The van der Waals surface area contributed by atoms with Crippen LogP contribution >= 0.6 is 11.3 Å². The molecule has 0 radical (unpaired) electrons. The predicted octanol–water partition coefficient (Wildman–Crippen LogP) is 4.75. The number of benzene rings is 1. The first-order valence-electron chi connectivity index (χ1n) is 9.19. The van der Waals surface area contributed by atoms with E-state index in [4.69, 9.17) is 4.74 Å². The van der Waals surface area contributed by atoms with Gasteiger partial charge in [0.1, 0.15) is 11.5 Å². The van der Waals surface area contributed by atoms with Gasteiger partial charge in [0.2, 0.25) is 5.78 Å². The molecule has 1 aromatic heterocycles. The van der Waals surface area contributed by atoms with Crippen LogP contribution in [0.4, 0.5) is 0 Å². The molecule has 0 bridgehead atoms. The van der Waals surface area contributed by atoms with Crippen molar-refractivity contribution in [2.75, 3.05) is 13.1 Å². The molecule has 2 aliphatic heterocycles. The average Bonchev–Trinajstić information content (AvgIpc) is 3.14. The summed E-state index contributed by atoms with van der Waals surface area (Å²) >= 11 is 1.57. The lowest BCUT2D eigenvalue weighted by atomic mass is 9.99. The summed E-state index contributed by atoms with van der Waals surface area (Å²) < 4.78 is 5.99. The molecule has 0 amide bonds. The summed E-state index contributed by atoms with van der Waals surface area (Å²) in [6.45, 7) is 4.51. The van der Waals surface area contributed by atoms with E-state index < -0.39 is 0 Å². The molecule has 2 aliphatic rings. The third kappa shape index (κ3) is 3.29. The molecule has 5 heteroatoms. The Labute approximate surface area is 157 Å². The summed E-state index contributed by atoms with van der Waals surface area (Å²) in [5.74, 6) is 1.01. The number of aromatic hydroxyl groups is 1. The molecular formula is C21H23NO3S. The number of ether oxygens (including phenoxy) is 1. The number of aryl methyl sites for hydroxylation is 1. The normalized spacial score (nSPS) is 19.4. The molecule has 26 heavy (non-hydrogen) atoms. The smallest absolute Gasteiger partial charge is 0.232 e. The zero-order chi connectivity index (χ0) is 18.1. The van der Waals surface area contributed by atoms with Crippen LogP contribution in [-0.2, 0) is 6.54 Å². The fraction of sp³-hybridized carbons (Fsp3) is 0.381. The number of nitrogens with zero attached hydrogens (tertiary/aromatic N) is 1. The summed E-state index contributed by atoms with van der Waals surface area (Å²) in [4.78, 5) is 16.2. The van der Waals surface area contributed by atoms with Crippen LogP contribution in [0.5, 0.6) is 11.5 Å². The second kappa shape index (κ2) is 7.25. The van der Waals surface area contributed by atoms with E-state index in [9.17, 15) is 9.90 Å². The van der Waals surface area contributed by atoms with Gasteiger partial charge >= 0.3 is 0 Å². The number of phenols is 1. The Morgan fingerprint density at radius 1 is 1.27 bits per heavy atom. The van der Waals surface area contributed by atoms with Crippen LogP contribution in [0.1, 0.15) is 52.0 Å². The first-order chi connectivity index (χ1) is 12.6. The number of carbonyl (C=O) groups excluding carboxylic acids is 1. The van der Waals surface area contributed by atoms with Gasteiger partial charge in [-0.25, -0.2) is 0 Å². The van der Waals surface area contributed by atoms with Crippen LogP contribution in [0.3, 0.4) is 0 Å². The SMILES string of the molecule is Cc1cc(O)c(CN2CCCCCC2)c2c1C(=O)/C(=C/c1cccs1)O2. The van der Waals surface area contributed by atoms with E-state index in [2.05, 4.69) is 4.90 Å². The van der Waals surface area contributed by atoms with Crippen LogP contribution in [0.2, 0.25) is 0 Å². The van der Waals surface area contributed by atoms with Gasteiger partial charge in [0, 0.05) is 17.5 Å². The first kappa shape index (κ1) is 17.3. The summed E-state index contributed by atoms with van der Waals surface area (Å²) in [5, 5.41) is 12.5. The van der Waals surface area contributed by atoms with Crippen LogP contribution in [0.15, 0.2) is 29.3 Å². The Bertz CT molecular complexity index is 847. The van der Waals surface area contributed by atoms with Crippen LogP contribution in [-0.4, -0.2) is 28.9 Å². The van der Waals surface area contributed by atoms with E-state index in [0.29, 0.717) is 23.6 Å². The molecule has 4 nitrogen and oxygen atoms in total. The van der Waals surface area contributed by atoms with Crippen molar-refractivity contribution in [3.05, 3.63) is 50.9 Å². The molecule has 1 aromatic carbocycles. The van der Waals surface area contributed by atoms with Crippen LogP contribution in [0.25, 0.3) is 6.08 Å². The molecule has 0 saturated carbocycles. The van der Waals surface area contributed by atoms with E-state index in [0.717, 1.165) is 29.1 Å². The fourth-order valence-electron chi connectivity index (χ4n) is 3.75. The maximum absolute atomic E-state index is 12.9. The lowest BCUT2D eigenvalue weighted by Gasteiger charge is -2.21. The Balaban J connectivity index is 1.69. The number of rotatable bonds is 3. The summed E-state index contributed by atoms with van der Waals surface area (Å²) in [5.41, 5.74) is 2.09. The standard InChI is InChI=1S/C21H23NO3S/c1-14-11-17(23)16(13-22-8-4-2-3-5-9-22)21-19(14)20(24)18(25-21)12-15-7-6-10-26-15/h6-7,10-12,23H,2-5,8-9,13H2,1H3/b18-12-. The molecule has 4 rings (SSSR count). The monoisotopic (exact) mass is 369 g/mol. The fourth-order valence-corrected chi connectivity index (χ4v) is 4.40. The molecular weight excluding hydrogens is 346 g/mol. The highest BCUT2D eigenvalue weighted by Crippen LogP contribution is 2.42. The van der Waals surface area contributed by atoms with Crippen molar-refractivity contribution >= 4 is 23.2 Å². The number of ketones is 1. The maximum atomic E-state index is 12.9. The largest absolute Gasteiger partial charge is 0.507 e. The van der Waals surface area contributed by atoms with Crippen molar-refractivity contribution in [3.63, 3.8) is 0 Å². The first-order valence-corrected chi connectivity index (χ1v) is 10.1. The minimum atomic E-state index is -0.0944. The minimum Gasteiger partial charge on any atom is -0.507 e. The molecule has 136 valence electrons. The van der Waals surface area contributed by atoms with Gasteiger partial charge in [-0.3, -0.25) is 9.69 Å². The number of hydrogen-bond donors (Lipinski definition) is 1. The zero-order valence-electron chi connectivity index (χ0n) is 15.0. The molecule has 3 heterocycles. The average molecular weight is 369 g/mol. The third-order valence-corrected chi connectivity index (χ3v) is 5.94. The number of hydrogen-bond acceptors (Lipinski definition) is 5. The molecule has 0 aliphatic carbocycles. The number of likely N-dealkylation sites (tertiary alicyclic amines) is 1. The van der Waals surface area contributed by atoms with Gasteiger partial charge in [-0.05, 0) is 55.9 Å². The van der Waals surface area contributed by atoms with E-state index in [1.165, 1.54) is 25.7 Å². The Morgan fingerprint density at radius 3 is 2.73 bits per heavy atom. The second-order valence-electron chi connectivity index (χ2n) is 7.04. The van der Waals surface area contributed by atoms with E-state index in [-0.39, 0.29) is 11.5 Å². The highest BCUT2D eigenvalue weighted by atomic mass is 32.1. The number of fused-ring (bicyclic) bond motifs is 1. The zero-order valence-corrected chi connectivity index (χ0v) is 15.8. The van der Waals surface area contributed by atoms with Gasteiger partial charge in [0.25, 0.3) is 0 Å². The van der Waals surface area contributed by atoms with Crippen molar-refractivity contribution in [1.82, 2.24) is 4.90 Å². The van der Waals surface area contributed by atoms with Gasteiger partial charge in [-0.2, -0.15) is 0 Å². The second-order valence-corrected chi connectivity index (χ2v) is 8.02. The van der Waals surface area contributed by atoms with Crippen LogP contribution < -0.4 is 4.74 Å². The van der Waals surface area contributed by atoms with Crippen molar-refractivity contribution < 1.29 is 14.6 Å². The Morgan fingerprint density at radius 2 is 2.04 bits per heavy atom. The highest BCUT2D eigenvalue weighted by molar-refractivity contribution is 7.10. The molecule has 1 fully saturated rings. The molecule has 0 unspecified atom stereocenters. The summed E-state index contributed by atoms with van der Waals surface area (Å²) in [6, 6.07) is 5.60. The summed E-state index contributed by atoms with van der Waals surface area (Å²) in [7, 11) is 0. The highest BCUT2D eigenvalue weighted by Gasteiger charge is 2.33. The quantitative estimate of drug-likeness (QED) is 0.793. The third-order valence-electron chi connectivity index (χ3n) is 5.12. The van der Waals surface area contributed by atoms with E-state index in [1.54, 1.807) is 23.5 Å². The molecule has 0 spiro atoms. The number of thiophene rings is 1. The minimum absolute atomic E-state index is 0.0944. The predicted molar refractivity (Wildman–Crippen MR) is 104 cm³/mol. The summed E-state index contributed by atoms with van der Waals surface area (Å²) in [6.07, 6.45) is 6.67. The van der Waals surface area contributed by atoms with Gasteiger partial charge in [-0.15, -0.1) is 11.3 Å². The topological polar surface area (TPSA) is 49.8 Å². The van der Waals surface area contributed by atoms with E-state index in [1.807, 2.05) is 24.4 Å². The number of allylic oxidation sites excluding steroid dienone is 1.